The lowest BCUT2D eigenvalue weighted by Crippen LogP contribution is -2.10. The summed E-state index contributed by atoms with van der Waals surface area (Å²) in [6.07, 6.45) is 1.51. The van der Waals surface area contributed by atoms with Gasteiger partial charge >= 0.3 is 11.9 Å². The zero-order chi connectivity index (χ0) is 10.9. The molecule has 0 heterocycles. The number of rotatable bonds is 4. The van der Waals surface area contributed by atoms with Crippen molar-refractivity contribution in [2.45, 2.75) is 38.5 Å². The van der Waals surface area contributed by atoms with Crippen LogP contribution in [0.2, 0.25) is 0 Å². The van der Waals surface area contributed by atoms with Crippen LogP contribution in [0.25, 0.3) is 0 Å². The van der Waals surface area contributed by atoms with E-state index in [9.17, 15) is 9.59 Å². The lowest BCUT2D eigenvalue weighted by atomic mass is 10.3. The average molecular weight is 211 g/mol. The molecule has 0 spiro atoms. The van der Waals surface area contributed by atoms with Crippen LogP contribution in [0.3, 0.4) is 0 Å². The lowest BCUT2D eigenvalue weighted by molar-refractivity contribution is -0.137. The summed E-state index contributed by atoms with van der Waals surface area (Å²) in [6, 6.07) is 0. The van der Waals surface area contributed by atoms with Crippen molar-refractivity contribution in [1.29, 1.82) is 0 Å². The Morgan fingerprint density at radius 3 is 1.77 bits per heavy atom. The number of carboxylic acids is 2. The molecule has 0 aliphatic carbocycles. The van der Waals surface area contributed by atoms with Gasteiger partial charge in [-0.05, 0) is 12.8 Å². The van der Waals surface area contributed by atoms with Gasteiger partial charge in [0, 0.05) is 6.42 Å². The predicted molar refractivity (Wildman–Crippen MR) is 50.1 cm³/mol. The number of hydrogen-bond acceptors (Lipinski definition) is 2. The van der Waals surface area contributed by atoms with Crippen LogP contribution >= 0.6 is 11.6 Å². The summed E-state index contributed by atoms with van der Waals surface area (Å²) in [5.74, 6) is -1.65. The number of hydrogen-bond donors (Lipinski definition) is 2. The van der Waals surface area contributed by atoms with Crippen LogP contribution in [-0.2, 0) is 9.59 Å². The minimum Gasteiger partial charge on any atom is -0.481 e. The third kappa shape index (κ3) is 14.1. The molecule has 4 nitrogen and oxygen atoms in total. The Hall–Kier alpha value is -0.770. The van der Waals surface area contributed by atoms with Gasteiger partial charge in [-0.3, -0.25) is 9.59 Å². The highest BCUT2D eigenvalue weighted by Crippen LogP contribution is 1.98. The maximum Gasteiger partial charge on any atom is 0.321 e. The molecule has 1 unspecified atom stereocenters. The normalized spacial score (nSPS) is 11.0. The summed E-state index contributed by atoms with van der Waals surface area (Å²) >= 11 is 5.20. The Bertz CT molecular complexity index is 158. The first kappa shape index (κ1) is 14.7. The smallest absolute Gasteiger partial charge is 0.321 e. The standard InChI is InChI=1S/C4H7ClO2.C4H8O2/c1-2-3(5)4(6)7;1-2-3-4(5)6/h3H,2H2,1H3,(H,6,7);2-3H2,1H3,(H,5,6). The maximum atomic E-state index is 9.80. The van der Waals surface area contributed by atoms with Gasteiger partial charge in [0.25, 0.3) is 0 Å². The molecular weight excluding hydrogens is 196 g/mol. The second-order valence-electron chi connectivity index (χ2n) is 2.36. The first-order chi connectivity index (χ1) is 5.95. The number of carboxylic acid groups (broad SMARTS) is 2. The van der Waals surface area contributed by atoms with Gasteiger partial charge < -0.3 is 10.2 Å². The van der Waals surface area contributed by atoms with Crippen molar-refractivity contribution in [1.82, 2.24) is 0 Å². The molecule has 0 aromatic heterocycles. The largest absolute Gasteiger partial charge is 0.481 e. The van der Waals surface area contributed by atoms with Crippen molar-refractivity contribution < 1.29 is 19.8 Å². The molecule has 0 saturated carbocycles. The van der Waals surface area contributed by atoms with Crippen LogP contribution < -0.4 is 0 Å². The molecule has 5 heteroatoms. The fourth-order valence-electron chi connectivity index (χ4n) is 0.388. The second-order valence-corrected chi connectivity index (χ2v) is 2.88. The highest BCUT2D eigenvalue weighted by Gasteiger charge is 2.08. The van der Waals surface area contributed by atoms with E-state index in [1.54, 1.807) is 6.92 Å². The fraction of sp³-hybridized carbons (Fsp3) is 0.750. The SMILES string of the molecule is CCC(Cl)C(=O)O.CCCC(=O)O. The van der Waals surface area contributed by atoms with Crippen LogP contribution in [0.15, 0.2) is 0 Å². The summed E-state index contributed by atoms with van der Waals surface area (Å²) < 4.78 is 0. The molecule has 2 N–H and O–H groups in total. The first-order valence-corrected chi connectivity index (χ1v) is 4.47. The van der Waals surface area contributed by atoms with Crippen molar-refractivity contribution >= 4 is 23.5 Å². The fourth-order valence-corrected chi connectivity index (χ4v) is 0.388. The van der Waals surface area contributed by atoms with E-state index in [4.69, 9.17) is 21.8 Å². The van der Waals surface area contributed by atoms with Crippen LogP contribution in [0.5, 0.6) is 0 Å². The van der Waals surface area contributed by atoms with E-state index in [0.29, 0.717) is 12.8 Å². The van der Waals surface area contributed by atoms with Gasteiger partial charge in [0.05, 0.1) is 0 Å². The molecule has 0 aliphatic heterocycles. The maximum absolute atomic E-state index is 9.80. The lowest BCUT2D eigenvalue weighted by Gasteiger charge is -1.93. The van der Waals surface area contributed by atoms with Gasteiger partial charge in [-0.1, -0.05) is 13.8 Å². The number of halogens is 1. The van der Waals surface area contributed by atoms with E-state index in [2.05, 4.69) is 0 Å². The second kappa shape index (κ2) is 9.32. The minimum absolute atomic E-state index is 0.292. The predicted octanol–water partition coefficient (Wildman–Crippen LogP) is 1.96. The number of aliphatic carboxylic acids is 2. The zero-order valence-electron chi connectivity index (χ0n) is 7.79. The van der Waals surface area contributed by atoms with Crippen molar-refractivity contribution in [3.63, 3.8) is 0 Å². The Morgan fingerprint density at radius 2 is 1.77 bits per heavy atom. The van der Waals surface area contributed by atoms with Crippen molar-refractivity contribution in [3.05, 3.63) is 0 Å². The molecule has 0 rings (SSSR count). The Morgan fingerprint density at radius 1 is 1.31 bits per heavy atom. The molecule has 0 bridgehead atoms. The molecule has 78 valence electrons. The van der Waals surface area contributed by atoms with Gasteiger partial charge in [0.15, 0.2) is 0 Å². The molecule has 13 heavy (non-hydrogen) atoms. The van der Waals surface area contributed by atoms with Gasteiger partial charge in [-0.2, -0.15) is 0 Å². The first-order valence-electron chi connectivity index (χ1n) is 4.04. The van der Waals surface area contributed by atoms with Crippen LogP contribution in [0.1, 0.15) is 33.1 Å². The molecule has 0 amide bonds. The Kier molecular flexibility index (Phi) is 10.6. The monoisotopic (exact) mass is 210 g/mol. The summed E-state index contributed by atoms with van der Waals surface area (Å²) in [5.41, 5.74) is 0. The van der Waals surface area contributed by atoms with Gasteiger partial charge in [0.1, 0.15) is 5.38 Å². The zero-order valence-corrected chi connectivity index (χ0v) is 8.54. The van der Waals surface area contributed by atoms with E-state index in [1.165, 1.54) is 0 Å². The Balaban J connectivity index is 0. The summed E-state index contributed by atoms with van der Waals surface area (Å²) in [7, 11) is 0. The van der Waals surface area contributed by atoms with Gasteiger partial charge in [0.2, 0.25) is 0 Å². The van der Waals surface area contributed by atoms with E-state index >= 15 is 0 Å². The van der Waals surface area contributed by atoms with E-state index in [-0.39, 0.29) is 0 Å². The summed E-state index contributed by atoms with van der Waals surface area (Å²) in [6.45, 7) is 3.57. The van der Waals surface area contributed by atoms with E-state index in [0.717, 1.165) is 6.42 Å². The molecule has 0 saturated heterocycles. The van der Waals surface area contributed by atoms with E-state index < -0.39 is 17.3 Å². The minimum atomic E-state index is -0.941. The summed E-state index contributed by atoms with van der Waals surface area (Å²) in [5, 5.41) is 15.3. The van der Waals surface area contributed by atoms with Crippen molar-refractivity contribution in [2.75, 3.05) is 0 Å². The summed E-state index contributed by atoms with van der Waals surface area (Å²) in [4.78, 5) is 19.4. The number of carbonyl (C=O) groups is 2. The van der Waals surface area contributed by atoms with Crippen LogP contribution in [0, 0.1) is 0 Å². The third-order valence-electron chi connectivity index (χ3n) is 1.09. The van der Waals surface area contributed by atoms with Crippen molar-refractivity contribution in [3.8, 4) is 0 Å². The molecular formula is C8H15ClO4. The number of alkyl halides is 1. The molecule has 0 fully saturated rings. The highest BCUT2D eigenvalue weighted by atomic mass is 35.5. The molecule has 0 aromatic carbocycles. The molecule has 1 atom stereocenters. The average Bonchev–Trinajstić information content (AvgIpc) is 2.03. The Labute approximate surface area is 82.5 Å². The quantitative estimate of drug-likeness (QED) is 0.696. The third-order valence-corrected chi connectivity index (χ3v) is 1.59. The topological polar surface area (TPSA) is 74.6 Å². The van der Waals surface area contributed by atoms with Crippen LogP contribution in [0.4, 0.5) is 0 Å². The molecule has 0 radical (unpaired) electrons. The molecule has 0 aliphatic rings. The molecule has 0 aromatic rings. The van der Waals surface area contributed by atoms with Gasteiger partial charge in [-0.25, -0.2) is 0 Å². The van der Waals surface area contributed by atoms with E-state index in [1.807, 2.05) is 6.92 Å². The van der Waals surface area contributed by atoms with Crippen molar-refractivity contribution in [2.24, 2.45) is 0 Å². The van der Waals surface area contributed by atoms with Crippen LogP contribution in [-0.4, -0.2) is 27.5 Å². The highest BCUT2D eigenvalue weighted by molar-refractivity contribution is 6.29. The van der Waals surface area contributed by atoms with Gasteiger partial charge in [-0.15, -0.1) is 11.6 Å².